The SMILES string of the molecule is C/C=C/C.C=CC.C=CC.C=CC(=O)CC.C=CC(=O)CC.CC1CC(C)C1.CCC(=O)C(C)CC.CCC(=O)C1CC(C(=O)CC)C1.CCC=O.CCC=O.CCCC.CN1C(=O)C2C(C1=O)C1C(=O)N(C)C(=O)C21.CN1C(=O)C=CC1=O.CN1C(=O)C=CC1=O. The van der Waals surface area contributed by atoms with E-state index in [1.807, 2.05) is 102 Å². The highest BCUT2D eigenvalue weighted by Crippen LogP contribution is 2.55. The topological polar surface area (TPSA) is 269 Å². The molecule has 0 radical (unpaired) electrons. The molecule has 7 rings (SSSR count). The van der Waals surface area contributed by atoms with Crippen LogP contribution in [0, 0.1) is 53.3 Å². The fourth-order valence-corrected chi connectivity index (χ4v) is 7.93. The number of likely N-dealkylation sites (N-methyl/N-ethyl adjacent to an activating group) is 2. The van der Waals surface area contributed by atoms with E-state index in [0.29, 0.717) is 62.3 Å². The zero-order valence-electron chi connectivity index (χ0n) is 60.3. The summed E-state index contributed by atoms with van der Waals surface area (Å²) in [6, 6.07) is 0. The highest BCUT2D eigenvalue weighted by molar-refractivity contribution is 6.17. The lowest BCUT2D eigenvalue weighted by atomic mass is 9.59. The third-order valence-electron chi connectivity index (χ3n) is 14.3. The van der Waals surface area contributed by atoms with Crippen LogP contribution in [0.25, 0.3) is 0 Å². The molecule has 19 heteroatoms. The summed E-state index contributed by atoms with van der Waals surface area (Å²) < 4.78 is 0. The minimum Gasteiger partial charge on any atom is -0.303 e. The molecule has 522 valence electrons. The average molecular weight is 1290 g/mol. The Morgan fingerprint density at radius 2 is 0.685 bits per heavy atom. The molecule has 0 N–H and O–H groups in total. The van der Waals surface area contributed by atoms with Crippen molar-refractivity contribution >= 4 is 88.7 Å². The van der Waals surface area contributed by atoms with Crippen molar-refractivity contribution in [3.05, 3.63) is 87.1 Å². The van der Waals surface area contributed by atoms with Gasteiger partial charge in [-0.3, -0.25) is 81.9 Å². The number of Topliss-reactive ketones (excluding diaryl/α,β-unsaturated/α-hetero) is 3. The van der Waals surface area contributed by atoms with E-state index in [1.165, 1.54) is 90.3 Å². The first-order valence-electron chi connectivity index (χ1n) is 32.3. The minimum atomic E-state index is -0.594. The summed E-state index contributed by atoms with van der Waals surface area (Å²) in [5.74, 6) is -0.620. The Balaban J connectivity index is -0.000000175. The third kappa shape index (κ3) is 41.7. The molecular weight excluding hydrogens is 1170 g/mol. The minimum absolute atomic E-state index is 0.106. The number of hydrogen-bond acceptors (Lipinski definition) is 15. The van der Waals surface area contributed by atoms with Crippen LogP contribution in [0.4, 0.5) is 0 Å². The van der Waals surface area contributed by atoms with Crippen molar-refractivity contribution < 1.29 is 71.9 Å². The second-order valence-corrected chi connectivity index (χ2v) is 21.7. The van der Waals surface area contributed by atoms with Gasteiger partial charge in [-0.25, -0.2) is 0 Å². The van der Waals surface area contributed by atoms with E-state index in [1.54, 1.807) is 12.2 Å². The number of rotatable bonds is 14. The molecule has 4 aliphatic heterocycles. The summed E-state index contributed by atoms with van der Waals surface area (Å²) in [7, 11) is 5.70. The van der Waals surface area contributed by atoms with Crippen LogP contribution in [-0.4, -0.2) is 137 Å². The van der Waals surface area contributed by atoms with Crippen molar-refractivity contribution in [2.75, 3.05) is 28.2 Å². The number of allylic oxidation sites excluding steroid dienone is 6. The molecule has 1 unspecified atom stereocenters. The molecule has 3 aliphatic carbocycles. The van der Waals surface area contributed by atoms with Crippen LogP contribution < -0.4 is 0 Å². The molecule has 3 saturated carbocycles. The predicted molar refractivity (Wildman–Crippen MR) is 369 cm³/mol. The first-order chi connectivity index (χ1) is 43.2. The Kier molecular flexibility index (Phi) is 65.0. The zero-order chi connectivity index (χ0) is 73.4. The summed E-state index contributed by atoms with van der Waals surface area (Å²) in [6.45, 7) is 47.0. The van der Waals surface area contributed by atoms with Crippen LogP contribution in [0.3, 0.4) is 0 Å². The van der Waals surface area contributed by atoms with E-state index in [-0.39, 0.29) is 76.6 Å². The van der Waals surface area contributed by atoms with Gasteiger partial charge in [0, 0.05) is 115 Å². The fraction of sp³-hybridized carbons (Fsp3) is 0.603. The van der Waals surface area contributed by atoms with Crippen molar-refractivity contribution in [1.29, 1.82) is 0 Å². The second kappa shape index (κ2) is 61.0. The van der Waals surface area contributed by atoms with Gasteiger partial charge in [-0.2, -0.15) is 0 Å². The predicted octanol–water partition coefficient (Wildman–Crippen LogP) is 12.8. The lowest BCUT2D eigenvalue weighted by Gasteiger charge is -2.36. The van der Waals surface area contributed by atoms with Crippen LogP contribution in [-0.2, 0) is 71.9 Å². The van der Waals surface area contributed by atoms with Crippen molar-refractivity contribution in [2.24, 2.45) is 53.3 Å². The molecule has 0 spiro atoms. The Hall–Kier alpha value is -7.57. The number of carbonyl (C=O) groups excluding carboxylic acids is 15. The van der Waals surface area contributed by atoms with Crippen LogP contribution in [0.15, 0.2) is 87.1 Å². The van der Waals surface area contributed by atoms with Crippen LogP contribution in [0.1, 0.15) is 208 Å². The average Bonchev–Trinajstić information content (AvgIpc) is 1.53. The van der Waals surface area contributed by atoms with Crippen molar-refractivity contribution in [3.8, 4) is 0 Å². The van der Waals surface area contributed by atoms with Crippen LogP contribution in [0.2, 0.25) is 0 Å². The van der Waals surface area contributed by atoms with Gasteiger partial charge in [0.2, 0.25) is 23.6 Å². The van der Waals surface area contributed by atoms with E-state index in [9.17, 15) is 71.9 Å². The molecule has 1 atom stereocenters. The van der Waals surface area contributed by atoms with Crippen molar-refractivity contribution in [3.63, 3.8) is 0 Å². The number of likely N-dealkylation sites (tertiary alicyclic amines) is 2. The van der Waals surface area contributed by atoms with E-state index in [4.69, 9.17) is 0 Å². The van der Waals surface area contributed by atoms with Gasteiger partial charge in [0.05, 0.1) is 23.7 Å². The lowest BCUT2D eigenvalue weighted by molar-refractivity contribution is -0.146. The standard InChI is InChI=1S/C10H10N2O4.C10H16O2.C7H14O.C6H12.2C5H5NO2.2C5H8O.C4H10.C4H8.2C3H6O.2C3H6/c1-11-7(13)3-4(8(11)14)6-5(3)9(15)12(2)10(6)16;1-3-9(11)7-5-8(6-7)10(12)4-2;1-4-6(3)7(8)5-2;1-5-3-6(2)4-5;2*1-6-4(7)2-3-5(6)8;2*1-3-5(6)4-2;2*1-3-4-2;2*1-2-3-4;2*1-3-2/h3-6H,1-2H3;7-8H,3-6H2,1-2H3;6H,4-5H2,1-3H3;5-6H,3-4H2,1-2H3;2*2-3H,1H3;2*3H,1,4H2,2H3;3-4H2,1-2H3;3-4H,1-2H3;2*3H,2H2,1H3;2*3H,1H2,2H3/b;;;;;;;;;4-3+;;;;. The van der Waals surface area contributed by atoms with Crippen molar-refractivity contribution in [1.82, 2.24) is 19.6 Å². The Labute approximate surface area is 554 Å². The molecular formula is C73H120N4O15. The summed E-state index contributed by atoms with van der Waals surface area (Å²) in [5.41, 5.74) is 0. The number of imide groups is 4. The molecule has 0 aromatic rings. The quantitative estimate of drug-likeness (QED) is 0.0677. The normalized spacial score (nSPS) is 20.7. The molecule has 8 amide bonds. The molecule has 0 bridgehead atoms. The fourth-order valence-electron chi connectivity index (χ4n) is 7.93. The Morgan fingerprint density at radius 1 is 0.446 bits per heavy atom. The highest BCUT2D eigenvalue weighted by atomic mass is 16.2. The van der Waals surface area contributed by atoms with E-state index >= 15 is 0 Å². The summed E-state index contributed by atoms with van der Waals surface area (Å²) in [4.78, 5) is 164. The maximum absolute atomic E-state index is 11.7. The van der Waals surface area contributed by atoms with Gasteiger partial charge in [0.15, 0.2) is 11.6 Å². The van der Waals surface area contributed by atoms with Gasteiger partial charge in [0.1, 0.15) is 29.9 Å². The lowest BCUT2D eigenvalue weighted by Crippen LogP contribution is -2.50. The van der Waals surface area contributed by atoms with Crippen molar-refractivity contribution in [2.45, 2.75) is 208 Å². The zero-order valence-corrected chi connectivity index (χ0v) is 60.3. The molecule has 0 aromatic heterocycles. The molecule has 0 aromatic carbocycles. The Bertz CT molecular complexity index is 2170. The largest absolute Gasteiger partial charge is 0.303 e. The maximum Gasteiger partial charge on any atom is 0.253 e. The summed E-state index contributed by atoms with van der Waals surface area (Å²) >= 11 is 0. The monoisotopic (exact) mass is 1290 g/mol. The molecule has 92 heavy (non-hydrogen) atoms. The number of ketones is 5. The van der Waals surface area contributed by atoms with Gasteiger partial charge >= 0.3 is 0 Å². The summed E-state index contributed by atoms with van der Waals surface area (Å²) in [5, 5.41) is 0. The van der Waals surface area contributed by atoms with E-state index in [2.05, 4.69) is 54.0 Å². The summed E-state index contributed by atoms with van der Waals surface area (Å²) in [6.07, 6.45) is 29.5. The van der Waals surface area contributed by atoms with Gasteiger partial charge in [-0.15, -0.1) is 13.2 Å². The number of fused-ring (bicyclic) bond motifs is 4. The molecule has 2 saturated heterocycles. The number of hydrogen-bond donors (Lipinski definition) is 0. The maximum atomic E-state index is 11.7. The molecule has 5 fully saturated rings. The third-order valence-corrected chi connectivity index (χ3v) is 14.3. The second-order valence-electron chi connectivity index (χ2n) is 21.7. The Morgan fingerprint density at radius 3 is 0.772 bits per heavy atom. The van der Waals surface area contributed by atoms with Gasteiger partial charge in [-0.1, -0.05) is 140 Å². The highest BCUT2D eigenvalue weighted by Gasteiger charge is 2.72. The van der Waals surface area contributed by atoms with Gasteiger partial charge < -0.3 is 9.59 Å². The smallest absolute Gasteiger partial charge is 0.253 e. The number of nitrogens with zero attached hydrogens (tertiary/aromatic N) is 4. The number of unbranched alkanes of at least 4 members (excludes halogenated alkanes) is 1. The molecule has 19 nitrogen and oxygen atoms in total. The van der Waals surface area contributed by atoms with Crippen LogP contribution >= 0.6 is 0 Å². The number of amides is 8. The van der Waals surface area contributed by atoms with Gasteiger partial charge in [-0.05, 0) is 83.8 Å². The van der Waals surface area contributed by atoms with E-state index < -0.39 is 23.7 Å². The molecule has 7 aliphatic rings. The first-order valence-corrected chi connectivity index (χ1v) is 32.3. The van der Waals surface area contributed by atoms with Crippen LogP contribution in [0.5, 0.6) is 0 Å². The first kappa shape index (κ1) is 98.0. The van der Waals surface area contributed by atoms with E-state index in [0.717, 1.165) is 63.3 Å². The number of aldehydes is 2. The van der Waals surface area contributed by atoms with Gasteiger partial charge in [0.25, 0.3) is 23.6 Å². The number of carbonyl (C=O) groups is 15. The molecule has 4 heterocycles.